The number of rotatable bonds is 3. The highest BCUT2D eigenvalue weighted by molar-refractivity contribution is 9.10. The van der Waals surface area contributed by atoms with Gasteiger partial charge >= 0.3 is 5.97 Å². The molecule has 21 heavy (non-hydrogen) atoms. The molecule has 0 aliphatic heterocycles. The van der Waals surface area contributed by atoms with E-state index in [9.17, 15) is 9.59 Å². The van der Waals surface area contributed by atoms with Gasteiger partial charge in [0.05, 0.1) is 16.1 Å². The van der Waals surface area contributed by atoms with Crippen molar-refractivity contribution in [1.82, 2.24) is 0 Å². The third kappa shape index (κ3) is 2.87. The number of carbonyl (C=O) groups is 2. The summed E-state index contributed by atoms with van der Waals surface area (Å²) in [6, 6.07) is 6.50. The molecule has 1 aromatic carbocycles. The average molecular weight is 366 g/mol. The molecule has 2 aromatic rings. The van der Waals surface area contributed by atoms with Gasteiger partial charge in [0, 0.05) is 9.35 Å². The van der Waals surface area contributed by atoms with Crippen molar-refractivity contribution < 1.29 is 14.7 Å². The number of carboxylic acids is 1. The summed E-state index contributed by atoms with van der Waals surface area (Å²) in [7, 11) is 0. The van der Waals surface area contributed by atoms with E-state index in [4.69, 9.17) is 5.11 Å². The third-order valence-electron chi connectivity index (χ3n) is 3.43. The van der Waals surface area contributed by atoms with Crippen molar-refractivity contribution in [3.05, 3.63) is 49.6 Å². The summed E-state index contributed by atoms with van der Waals surface area (Å²) < 4.78 is 0.555. The molecule has 0 radical (unpaired) electrons. The molecular formula is C15H12BrNO3S. The molecule has 1 aliphatic carbocycles. The van der Waals surface area contributed by atoms with Crippen LogP contribution in [0.3, 0.4) is 0 Å². The highest BCUT2D eigenvalue weighted by atomic mass is 79.9. The number of aromatic carboxylic acids is 1. The number of fused-ring (bicyclic) bond motifs is 1. The Hall–Kier alpha value is -1.66. The molecule has 6 heteroatoms. The minimum absolute atomic E-state index is 0.154. The summed E-state index contributed by atoms with van der Waals surface area (Å²) in [5, 5.41) is 11.7. The van der Waals surface area contributed by atoms with Crippen LogP contribution in [-0.4, -0.2) is 17.0 Å². The monoisotopic (exact) mass is 365 g/mol. The Kier molecular flexibility index (Phi) is 3.82. The lowest BCUT2D eigenvalue weighted by molar-refractivity contribution is 0.0696. The van der Waals surface area contributed by atoms with Gasteiger partial charge in [-0.2, -0.15) is 0 Å². The topological polar surface area (TPSA) is 66.4 Å². The molecule has 4 nitrogen and oxygen atoms in total. The van der Waals surface area contributed by atoms with Crippen LogP contribution in [0.2, 0.25) is 0 Å². The lowest BCUT2D eigenvalue weighted by Gasteiger charge is -2.07. The average Bonchev–Trinajstić information content (AvgIpc) is 3.01. The molecule has 0 fully saturated rings. The summed E-state index contributed by atoms with van der Waals surface area (Å²) in [5.74, 6) is -1.15. The van der Waals surface area contributed by atoms with Crippen molar-refractivity contribution >= 4 is 44.8 Å². The first kappa shape index (κ1) is 14.3. The molecule has 0 atom stereocenters. The second-order valence-electron chi connectivity index (χ2n) is 4.87. The number of carbonyl (C=O) groups excluding carboxylic acids is 1. The first-order chi connectivity index (χ1) is 10.0. The molecule has 1 amide bonds. The van der Waals surface area contributed by atoms with Gasteiger partial charge in [-0.3, -0.25) is 4.79 Å². The Morgan fingerprint density at radius 1 is 1.24 bits per heavy atom. The van der Waals surface area contributed by atoms with Crippen LogP contribution < -0.4 is 5.32 Å². The fourth-order valence-corrected chi connectivity index (χ4v) is 4.00. The minimum atomic E-state index is -0.997. The quantitative estimate of drug-likeness (QED) is 0.865. The van der Waals surface area contributed by atoms with Crippen LogP contribution in [0.15, 0.2) is 28.7 Å². The van der Waals surface area contributed by atoms with Gasteiger partial charge in [0.25, 0.3) is 5.91 Å². The van der Waals surface area contributed by atoms with Crippen LogP contribution in [-0.2, 0) is 12.8 Å². The van der Waals surface area contributed by atoms with Crippen molar-refractivity contribution in [3.63, 3.8) is 0 Å². The van der Waals surface area contributed by atoms with Crippen LogP contribution in [0, 0.1) is 0 Å². The largest absolute Gasteiger partial charge is 0.478 e. The fraction of sp³-hybridized carbons (Fsp3) is 0.200. The zero-order valence-electron chi connectivity index (χ0n) is 11.0. The van der Waals surface area contributed by atoms with E-state index in [-0.39, 0.29) is 11.5 Å². The number of hydrogen-bond donors (Lipinski definition) is 2. The van der Waals surface area contributed by atoms with Crippen LogP contribution in [0.5, 0.6) is 0 Å². The van der Waals surface area contributed by atoms with E-state index in [2.05, 4.69) is 21.2 Å². The number of hydrogen-bond acceptors (Lipinski definition) is 3. The normalized spacial score (nSPS) is 13.0. The maximum absolute atomic E-state index is 12.3. The molecule has 3 rings (SSSR count). The second kappa shape index (κ2) is 5.61. The maximum atomic E-state index is 12.3. The first-order valence-corrected chi connectivity index (χ1v) is 8.11. The predicted octanol–water partition coefficient (Wildman–Crippen LogP) is 3.95. The van der Waals surface area contributed by atoms with E-state index in [0.29, 0.717) is 15.0 Å². The number of thiophene rings is 1. The Bertz CT molecular complexity index is 717. The Morgan fingerprint density at radius 2 is 2.05 bits per heavy atom. The Labute approximate surface area is 133 Å². The predicted molar refractivity (Wildman–Crippen MR) is 85.4 cm³/mol. The number of carboxylic acid groups (broad SMARTS) is 1. The SMILES string of the molecule is O=C(O)c1ccc(NC(=O)c2cc3c(s2)CCC3)c(Br)c1. The molecule has 1 heterocycles. The van der Waals surface area contributed by atoms with Crippen molar-refractivity contribution in [2.45, 2.75) is 19.3 Å². The molecule has 0 saturated heterocycles. The number of halogens is 1. The van der Waals surface area contributed by atoms with Crippen LogP contribution in [0.4, 0.5) is 5.69 Å². The highest BCUT2D eigenvalue weighted by Crippen LogP contribution is 2.31. The summed E-state index contributed by atoms with van der Waals surface area (Å²) in [4.78, 5) is 25.1. The van der Waals surface area contributed by atoms with Gasteiger partial charge in [-0.15, -0.1) is 11.3 Å². The van der Waals surface area contributed by atoms with Gasteiger partial charge in [0.1, 0.15) is 0 Å². The van der Waals surface area contributed by atoms with Gasteiger partial charge in [-0.1, -0.05) is 0 Å². The van der Waals surface area contributed by atoms with Gasteiger partial charge in [-0.05, 0) is 65.0 Å². The lowest BCUT2D eigenvalue weighted by Crippen LogP contribution is -2.11. The molecule has 0 unspecified atom stereocenters. The van der Waals surface area contributed by atoms with Crippen molar-refractivity contribution in [2.24, 2.45) is 0 Å². The van der Waals surface area contributed by atoms with Gasteiger partial charge in [0.2, 0.25) is 0 Å². The smallest absolute Gasteiger partial charge is 0.335 e. The molecule has 1 aromatic heterocycles. The number of benzene rings is 1. The van der Waals surface area contributed by atoms with Crippen LogP contribution >= 0.6 is 27.3 Å². The van der Waals surface area contributed by atoms with E-state index in [1.54, 1.807) is 17.4 Å². The lowest BCUT2D eigenvalue weighted by atomic mass is 10.2. The molecule has 2 N–H and O–H groups in total. The van der Waals surface area contributed by atoms with E-state index < -0.39 is 5.97 Å². The zero-order chi connectivity index (χ0) is 15.0. The highest BCUT2D eigenvalue weighted by Gasteiger charge is 2.19. The van der Waals surface area contributed by atoms with E-state index in [1.165, 1.54) is 29.0 Å². The molecule has 108 valence electrons. The zero-order valence-corrected chi connectivity index (χ0v) is 13.4. The Morgan fingerprint density at radius 3 is 2.71 bits per heavy atom. The van der Waals surface area contributed by atoms with Crippen molar-refractivity contribution in [1.29, 1.82) is 0 Å². The molecule has 1 aliphatic rings. The summed E-state index contributed by atoms with van der Waals surface area (Å²) in [6.07, 6.45) is 3.28. The van der Waals surface area contributed by atoms with Crippen molar-refractivity contribution in [2.75, 3.05) is 5.32 Å². The van der Waals surface area contributed by atoms with Crippen molar-refractivity contribution in [3.8, 4) is 0 Å². The van der Waals surface area contributed by atoms with E-state index in [0.717, 1.165) is 12.8 Å². The molecular weight excluding hydrogens is 354 g/mol. The second-order valence-corrected chi connectivity index (χ2v) is 6.86. The maximum Gasteiger partial charge on any atom is 0.335 e. The molecule has 0 spiro atoms. The minimum Gasteiger partial charge on any atom is -0.478 e. The number of nitrogens with one attached hydrogen (secondary N) is 1. The number of aryl methyl sites for hydroxylation is 2. The summed E-state index contributed by atoms with van der Waals surface area (Å²) >= 11 is 4.83. The van der Waals surface area contributed by atoms with Gasteiger partial charge < -0.3 is 10.4 Å². The van der Waals surface area contributed by atoms with Crippen LogP contribution in [0.25, 0.3) is 0 Å². The number of anilines is 1. The van der Waals surface area contributed by atoms with E-state index in [1.807, 2.05) is 6.07 Å². The van der Waals surface area contributed by atoms with E-state index >= 15 is 0 Å². The first-order valence-electron chi connectivity index (χ1n) is 6.50. The summed E-state index contributed by atoms with van der Waals surface area (Å²) in [5.41, 5.74) is 2.03. The summed E-state index contributed by atoms with van der Waals surface area (Å²) in [6.45, 7) is 0. The van der Waals surface area contributed by atoms with Gasteiger partial charge in [0.15, 0.2) is 0 Å². The van der Waals surface area contributed by atoms with Crippen LogP contribution in [0.1, 0.15) is 36.9 Å². The standard InChI is InChI=1S/C15H12BrNO3S/c16-10-6-9(15(19)20)4-5-11(10)17-14(18)13-7-8-2-1-3-12(8)21-13/h4-7H,1-3H2,(H,17,18)(H,19,20). The third-order valence-corrected chi connectivity index (χ3v) is 5.33. The Balaban J connectivity index is 1.79. The molecule has 0 saturated carbocycles. The number of amides is 1. The molecule has 0 bridgehead atoms. The fourth-order valence-electron chi connectivity index (χ4n) is 2.37. The van der Waals surface area contributed by atoms with Gasteiger partial charge in [-0.25, -0.2) is 4.79 Å².